The van der Waals surface area contributed by atoms with Crippen LogP contribution in [0, 0.1) is 11.8 Å². The molecule has 0 N–H and O–H groups in total. The Labute approximate surface area is 428 Å². The van der Waals surface area contributed by atoms with E-state index in [-0.39, 0.29) is 48.1 Å². The van der Waals surface area contributed by atoms with E-state index in [0.29, 0.717) is 49.9 Å². The van der Waals surface area contributed by atoms with Crippen molar-refractivity contribution < 1.29 is 114 Å². The van der Waals surface area contributed by atoms with Gasteiger partial charge in [-0.1, -0.05) is 99.6 Å². The third kappa shape index (κ3) is 17.3. The molecule has 0 nitrogen and oxygen atoms in total. The van der Waals surface area contributed by atoms with E-state index in [4.69, 9.17) is 0 Å². The van der Waals surface area contributed by atoms with Crippen molar-refractivity contribution in [2.45, 2.75) is 114 Å². The van der Waals surface area contributed by atoms with Crippen LogP contribution < -0.4 is 45.7 Å². The van der Waals surface area contributed by atoms with Crippen LogP contribution in [0.4, 0.5) is 65.9 Å². The van der Waals surface area contributed by atoms with E-state index in [9.17, 15) is 65.9 Å². The third-order valence-corrected chi connectivity index (χ3v) is 14.9. The van der Waals surface area contributed by atoms with Crippen LogP contribution in [0.2, 0.25) is 12.6 Å². The second kappa shape index (κ2) is 24.7. The summed E-state index contributed by atoms with van der Waals surface area (Å²) in [6.07, 6.45) is 1.80. The zero-order chi connectivity index (χ0) is 50.5. The van der Waals surface area contributed by atoms with Crippen molar-refractivity contribution in [3.8, 4) is 22.3 Å². The minimum Gasteiger partial charge on any atom is -1.00 e. The summed E-state index contributed by atoms with van der Waals surface area (Å²) in [4.78, 5) is 0. The fourth-order valence-corrected chi connectivity index (χ4v) is 10.3. The van der Waals surface area contributed by atoms with Gasteiger partial charge >= 0.3 is 91.8 Å². The van der Waals surface area contributed by atoms with Gasteiger partial charge in [0.15, 0.2) is 0 Å². The molecule has 0 bridgehead atoms. The molecule has 0 aliphatic heterocycles. The monoisotopic (exact) mass is 1140 g/mol. The van der Waals surface area contributed by atoms with Gasteiger partial charge < -0.3 is 24.8 Å². The normalized spacial score (nSPS) is 17.4. The second-order valence-corrected chi connectivity index (χ2v) is 26.0. The van der Waals surface area contributed by atoms with Gasteiger partial charge in [-0.25, -0.2) is 0 Å². The van der Waals surface area contributed by atoms with E-state index in [1.165, 1.54) is 36.2 Å². The first-order chi connectivity index (χ1) is 32.1. The van der Waals surface area contributed by atoms with Crippen molar-refractivity contribution in [1.82, 2.24) is 0 Å². The third-order valence-electron chi connectivity index (χ3n) is 12.1. The predicted molar refractivity (Wildman–Crippen MR) is 234 cm³/mol. The number of halogens is 17. The van der Waals surface area contributed by atoms with Gasteiger partial charge in [0, 0.05) is 0 Å². The van der Waals surface area contributed by atoms with Crippen LogP contribution in [0.5, 0.6) is 0 Å². The molecule has 382 valence electrons. The summed E-state index contributed by atoms with van der Waals surface area (Å²) in [6, 6.07) is 13.7. The van der Waals surface area contributed by atoms with Gasteiger partial charge in [-0.15, -0.1) is 80.6 Å². The van der Waals surface area contributed by atoms with Crippen molar-refractivity contribution >= 4 is 29.7 Å². The number of hydrogen-bond acceptors (Lipinski definition) is 0. The molecule has 4 aliphatic rings. The number of alkyl halides is 15. The molecule has 0 heterocycles. The number of benzene rings is 4. The molecule has 4 aromatic rings. The summed E-state index contributed by atoms with van der Waals surface area (Å²) in [6.45, 7) is 1.93. The fourth-order valence-electron chi connectivity index (χ4n) is 8.70. The quantitative estimate of drug-likeness (QED) is 0.103. The zero-order valence-electron chi connectivity index (χ0n) is 37.8. The van der Waals surface area contributed by atoms with E-state index >= 15 is 0 Å². The number of rotatable bonds is 6. The summed E-state index contributed by atoms with van der Waals surface area (Å²) < 4.78 is 193. The minimum atomic E-state index is -4.87. The Morgan fingerprint density at radius 2 is 0.831 bits per heavy atom. The summed E-state index contributed by atoms with van der Waals surface area (Å²) >= 11 is 1.29. The topological polar surface area (TPSA) is 0 Å². The van der Waals surface area contributed by atoms with Gasteiger partial charge in [-0.3, -0.25) is 0 Å². The van der Waals surface area contributed by atoms with E-state index in [1.807, 2.05) is 18.7 Å². The first kappa shape index (κ1) is 60.0. The van der Waals surface area contributed by atoms with Gasteiger partial charge in [0.05, 0.1) is 22.3 Å². The van der Waals surface area contributed by atoms with E-state index < -0.39 is 65.0 Å². The molecule has 0 radical (unpaired) electrons. The average Bonchev–Trinajstić information content (AvgIpc) is 3.88. The van der Waals surface area contributed by atoms with Gasteiger partial charge in [0.2, 0.25) is 0 Å². The van der Waals surface area contributed by atoms with E-state index in [2.05, 4.69) is 24.3 Å². The number of hydrogen-bond donors (Lipinski definition) is 0. The van der Waals surface area contributed by atoms with Crippen LogP contribution in [0.3, 0.4) is 0 Å². The molecule has 0 aromatic heterocycles. The van der Waals surface area contributed by atoms with Crippen LogP contribution in [0.15, 0.2) is 96.1 Å². The SMILES string of the molecule is C[Si](=[Zr+2])CCC(F)(F)F.FC(F)(F)c1cc(-c2cccc3c2=CC(=CC2CCCCC2)[C-]=3)cc(C(F)(F)F)c1.FC(F)(F)c1cc(-c2cccc3c2=CC(=CC2CCCCC2)[C-]=3)cc(C(F)(F)F)c1.[Cl-].[Cl-]. The summed E-state index contributed by atoms with van der Waals surface area (Å²) in [5.74, 6) is 0.862. The average molecular weight is 1150 g/mol. The molecular weight excluding hydrogens is 1100 g/mol. The summed E-state index contributed by atoms with van der Waals surface area (Å²) in [7, 11) is 0. The summed E-state index contributed by atoms with van der Waals surface area (Å²) in [5, 5.41) is 2.57. The molecule has 4 aromatic carbocycles. The van der Waals surface area contributed by atoms with Crippen LogP contribution in [0.1, 0.15) is 92.9 Å². The molecule has 2 saturated carbocycles. The molecule has 19 heteroatoms. The van der Waals surface area contributed by atoms with Gasteiger partial charge in [0.25, 0.3) is 0 Å². The van der Waals surface area contributed by atoms with Crippen molar-refractivity contribution in [3.63, 3.8) is 0 Å². The smallest absolute Gasteiger partial charge is 0.416 e. The van der Waals surface area contributed by atoms with Crippen molar-refractivity contribution in [2.75, 3.05) is 0 Å². The Morgan fingerprint density at radius 1 is 0.507 bits per heavy atom. The van der Waals surface area contributed by atoms with E-state index in [1.54, 1.807) is 36.4 Å². The van der Waals surface area contributed by atoms with Crippen molar-refractivity contribution in [1.29, 1.82) is 0 Å². The number of fused-ring (bicyclic) bond motifs is 2. The Morgan fingerprint density at radius 3 is 1.10 bits per heavy atom. The molecule has 0 atom stereocenters. The van der Waals surface area contributed by atoms with Crippen molar-refractivity contribution in [3.05, 3.63) is 139 Å². The summed E-state index contributed by atoms with van der Waals surface area (Å²) in [5.41, 5.74) is -3.70. The first-order valence-electron chi connectivity index (χ1n) is 22.3. The number of allylic oxidation sites excluding steroid dienone is 4. The Bertz CT molecular complexity index is 2580. The fraction of sp³-hybridized carbons (Fsp3) is 0.385. The molecule has 4 aliphatic carbocycles. The Hall–Kier alpha value is -3.53. The maximum Gasteiger partial charge on any atom is 0.416 e. The maximum absolute atomic E-state index is 13.3. The van der Waals surface area contributed by atoms with Gasteiger partial charge in [-0.2, -0.15) is 52.7 Å². The molecule has 71 heavy (non-hydrogen) atoms. The van der Waals surface area contributed by atoms with Crippen LogP contribution in [-0.4, -0.2) is 11.6 Å². The molecule has 2 fully saturated rings. The maximum atomic E-state index is 13.3. The molecule has 0 spiro atoms. The predicted octanol–water partition coefficient (Wildman–Crippen LogP) is 8.81. The molecule has 0 saturated heterocycles. The van der Waals surface area contributed by atoms with Gasteiger partial charge in [0.1, 0.15) is 0 Å². The molecular formula is C52H45Cl2F15SiZr-2. The Balaban J connectivity index is 0.000000257. The van der Waals surface area contributed by atoms with Crippen LogP contribution >= 0.6 is 0 Å². The first-order valence-corrected chi connectivity index (χ1v) is 28.2. The largest absolute Gasteiger partial charge is 1.00 e. The molecule has 0 amide bonds. The Kier molecular flexibility index (Phi) is 20.9. The van der Waals surface area contributed by atoms with Crippen molar-refractivity contribution in [2.24, 2.45) is 11.8 Å². The zero-order valence-corrected chi connectivity index (χ0v) is 42.8. The van der Waals surface area contributed by atoms with Gasteiger partial charge in [-0.05, 0) is 59.4 Å². The molecule has 0 unspecified atom stereocenters. The van der Waals surface area contributed by atoms with Crippen LogP contribution in [-0.2, 0) is 48.0 Å². The second-order valence-electron chi connectivity index (χ2n) is 17.6. The standard InChI is InChI=1S/2C24H19F6.C4H7F3Si.2ClH.Zr/c2*25-23(26,27)19-12-18(13-20(14-19)24(28,29)30)21-8-4-7-17-10-16(11-22(17)21)9-15-5-2-1-3-6-15;1-8-3-2-4(5,6)7;;;/h2*4,7-9,11-15H,1-3,5-6H2;2-3H2,1H3;2*1H;/q2*-1;;;;+2/p-2. The van der Waals surface area contributed by atoms with E-state index in [0.717, 1.165) is 86.8 Å². The minimum absolute atomic E-state index is 0. The van der Waals surface area contributed by atoms with Crippen LogP contribution in [0.25, 0.3) is 46.6 Å². The molecule has 8 rings (SSSR count).